The van der Waals surface area contributed by atoms with Gasteiger partial charge in [0.2, 0.25) is 0 Å². The first-order valence-corrected chi connectivity index (χ1v) is 10.8. The average Bonchev–Trinajstić information content (AvgIpc) is 2.85. The summed E-state index contributed by atoms with van der Waals surface area (Å²) in [5.74, 6) is 0.768. The van der Waals surface area contributed by atoms with Crippen molar-refractivity contribution in [1.82, 2.24) is 5.32 Å². The lowest BCUT2D eigenvalue weighted by molar-refractivity contribution is 0.0948. The van der Waals surface area contributed by atoms with Crippen LogP contribution in [-0.2, 0) is 4.74 Å². The van der Waals surface area contributed by atoms with Crippen LogP contribution >= 0.6 is 0 Å². The Bertz CT molecular complexity index is 1020. The molecule has 7 nitrogen and oxygen atoms in total. The molecular formula is C26H28N2O5. The lowest BCUT2D eigenvalue weighted by Crippen LogP contribution is -2.25. The number of anilines is 1. The fourth-order valence-electron chi connectivity index (χ4n) is 3.03. The first-order valence-electron chi connectivity index (χ1n) is 10.8. The van der Waals surface area contributed by atoms with Crippen LogP contribution in [0.2, 0.25) is 0 Å². The van der Waals surface area contributed by atoms with Crippen LogP contribution < -0.4 is 20.1 Å². The van der Waals surface area contributed by atoms with Crippen molar-refractivity contribution in [1.29, 1.82) is 0 Å². The number of amides is 2. The molecule has 172 valence electrons. The predicted molar refractivity (Wildman–Crippen MR) is 127 cm³/mol. The van der Waals surface area contributed by atoms with E-state index in [0.29, 0.717) is 48.9 Å². The molecule has 0 aliphatic heterocycles. The van der Waals surface area contributed by atoms with Crippen LogP contribution in [0, 0.1) is 0 Å². The standard InChI is InChI=1S/C26H28N2O5/c1-31-17-7-16-27-25(29)20-12-14-21(15-13-20)28-26(30)23-10-5-6-11-24(23)33-19-18-32-22-8-3-2-4-9-22/h2-6,8-15H,7,16-19H2,1H3,(H,27,29)(H,28,30). The third-order valence-corrected chi connectivity index (χ3v) is 4.70. The van der Waals surface area contributed by atoms with Crippen molar-refractivity contribution >= 4 is 17.5 Å². The number of carbonyl (C=O) groups excluding carboxylic acids is 2. The van der Waals surface area contributed by atoms with Crippen LogP contribution in [0.1, 0.15) is 27.1 Å². The van der Waals surface area contributed by atoms with Crippen molar-refractivity contribution in [3.63, 3.8) is 0 Å². The zero-order chi connectivity index (χ0) is 23.3. The largest absolute Gasteiger partial charge is 0.490 e. The molecule has 0 aliphatic rings. The highest BCUT2D eigenvalue weighted by Gasteiger charge is 2.13. The second-order valence-corrected chi connectivity index (χ2v) is 7.14. The highest BCUT2D eigenvalue weighted by atomic mass is 16.5. The zero-order valence-electron chi connectivity index (χ0n) is 18.6. The van der Waals surface area contributed by atoms with Gasteiger partial charge < -0.3 is 24.8 Å². The van der Waals surface area contributed by atoms with Crippen molar-refractivity contribution < 1.29 is 23.8 Å². The maximum Gasteiger partial charge on any atom is 0.259 e. The second kappa shape index (κ2) is 12.9. The first-order chi connectivity index (χ1) is 16.2. The van der Waals surface area contributed by atoms with E-state index in [2.05, 4.69) is 10.6 Å². The number of rotatable bonds is 12. The van der Waals surface area contributed by atoms with E-state index < -0.39 is 0 Å². The first kappa shape index (κ1) is 23.8. The maximum absolute atomic E-state index is 12.8. The Labute approximate surface area is 193 Å². The number of hydrogen-bond acceptors (Lipinski definition) is 5. The van der Waals surface area contributed by atoms with E-state index in [1.165, 1.54) is 0 Å². The van der Waals surface area contributed by atoms with Gasteiger partial charge in [0.25, 0.3) is 11.8 Å². The third-order valence-electron chi connectivity index (χ3n) is 4.70. The predicted octanol–water partition coefficient (Wildman–Crippen LogP) is 4.16. The fraction of sp³-hybridized carbons (Fsp3) is 0.231. The minimum atomic E-state index is -0.300. The number of ether oxygens (including phenoxy) is 3. The number of nitrogens with one attached hydrogen (secondary N) is 2. The van der Waals surface area contributed by atoms with Gasteiger partial charge in [0.05, 0.1) is 5.56 Å². The molecule has 0 spiro atoms. The topological polar surface area (TPSA) is 85.9 Å². The van der Waals surface area contributed by atoms with Gasteiger partial charge in [-0.05, 0) is 55.0 Å². The van der Waals surface area contributed by atoms with Crippen LogP contribution in [0.5, 0.6) is 11.5 Å². The zero-order valence-corrected chi connectivity index (χ0v) is 18.6. The monoisotopic (exact) mass is 448 g/mol. The summed E-state index contributed by atoms with van der Waals surface area (Å²) < 4.78 is 16.4. The van der Waals surface area contributed by atoms with Crippen molar-refractivity contribution in [2.24, 2.45) is 0 Å². The lowest BCUT2D eigenvalue weighted by Gasteiger charge is -2.12. The molecule has 3 aromatic rings. The molecule has 0 aromatic heterocycles. The molecule has 33 heavy (non-hydrogen) atoms. The number of hydrogen-bond donors (Lipinski definition) is 2. The summed E-state index contributed by atoms with van der Waals surface area (Å²) in [4.78, 5) is 25.0. The van der Waals surface area contributed by atoms with Gasteiger partial charge in [-0.1, -0.05) is 30.3 Å². The summed E-state index contributed by atoms with van der Waals surface area (Å²) in [5, 5.41) is 5.67. The van der Waals surface area contributed by atoms with E-state index in [1.807, 2.05) is 36.4 Å². The Hall–Kier alpha value is -3.84. The molecule has 0 bridgehead atoms. The summed E-state index contributed by atoms with van der Waals surface area (Å²) >= 11 is 0. The highest BCUT2D eigenvalue weighted by molar-refractivity contribution is 6.06. The smallest absolute Gasteiger partial charge is 0.259 e. The van der Waals surface area contributed by atoms with Crippen LogP contribution in [0.25, 0.3) is 0 Å². The summed E-state index contributed by atoms with van der Waals surface area (Å²) in [7, 11) is 1.62. The van der Waals surface area contributed by atoms with Gasteiger partial charge in [-0.15, -0.1) is 0 Å². The van der Waals surface area contributed by atoms with E-state index in [1.54, 1.807) is 49.6 Å². The molecular weight excluding hydrogens is 420 g/mol. The summed E-state index contributed by atoms with van der Waals surface area (Å²) in [6.07, 6.45) is 0.746. The number of carbonyl (C=O) groups is 2. The molecule has 0 atom stereocenters. The van der Waals surface area contributed by atoms with E-state index >= 15 is 0 Å². The molecule has 0 fully saturated rings. The summed E-state index contributed by atoms with van der Waals surface area (Å²) in [6.45, 7) is 1.79. The number of benzene rings is 3. The molecule has 0 radical (unpaired) electrons. The van der Waals surface area contributed by atoms with E-state index in [9.17, 15) is 9.59 Å². The lowest BCUT2D eigenvalue weighted by atomic mass is 10.1. The molecule has 2 amide bonds. The Morgan fingerprint density at radius 2 is 1.45 bits per heavy atom. The molecule has 0 saturated heterocycles. The van der Waals surface area contributed by atoms with Gasteiger partial charge in [0.1, 0.15) is 24.7 Å². The van der Waals surface area contributed by atoms with Gasteiger partial charge in [0.15, 0.2) is 0 Å². The normalized spacial score (nSPS) is 10.3. The molecule has 0 unspecified atom stereocenters. The molecule has 0 aliphatic carbocycles. The summed E-state index contributed by atoms with van der Waals surface area (Å²) in [5.41, 5.74) is 1.52. The minimum absolute atomic E-state index is 0.166. The number of methoxy groups -OCH3 is 1. The van der Waals surface area contributed by atoms with Crippen LogP contribution in [0.4, 0.5) is 5.69 Å². The third kappa shape index (κ3) is 7.66. The Kier molecular flexibility index (Phi) is 9.29. The molecule has 2 N–H and O–H groups in total. The van der Waals surface area contributed by atoms with Crippen molar-refractivity contribution in [3.05, 3.63) is 90.0 Å². The average molecular weight is 449 g/mol. The number of para-hydroxylation sites is 2. The second-order valence-electron chi connectivity index (χ2n) is 7.14. The van der Waals surface area contributed by atoms with Gasteiger partial charge in [-0.2, -0.15) is 0 Å². The van der Waals surface area contributed by atoms with Crippen molar-refractivity contribution in [3.8, 4) is 11.5 Å². The molecule has 7 heteroatoms. The quantitative estimate of drug-likeness (QED) is 0.406. The van der Waals surface area contributed by atoms with Crippen LogP contribution in [-0.4, -0.2) is 45.3 Å². The molecule has 3 aromatic carbocycles. The van der Waals surface area contributed by atoms with E-state index in [-0.39, 0.29) is 11.8 Å². The molecule has 0 heterocycles. The van der Waals surface area contributed by atoms with Crippen molar-refractivity contribution in [2.45, 2.75) is 6.42 Å². The SMILES string of the molecule is COCCCNC(=O)c1ccc(NC(=O)c2ccccc2OCCOc2ccccc2)cc1. The highest BCUT2D eigenvalue weighted by Crippen LogP contribution is 2.20. The Morgan fingerprint density at radius 3 is 2.21 bits per heavy atom. The molecule has 3 rings (SSSR count). The van der Waals surface area contributed by atoms with Gasteiger partial charge >= 0.3 is 0 Å². The van der Waals surface area contributed by atoms with Crippen LogP contribution in [0.15, 0.2) is 78.9 Å². The van der Waals surface area contributed by atoms with E-state index in [4.69, 9.17) is 14.2 Å². The summed E-state index contributed by atoms with van der Waals surface area (Å²) in [6, 6.07) is 23.2. The van der Waals surface area contributed by atoms with Gasteiger partial charge in [0, 0.05) is 31.5 Å². The van der Waals surface area contributed by atoms with Gasteiger partial charge in [-0.25, -0.2) is 0 Å². The van der Waals surface area contributed by atoms with Crippen molar-refractivity contribution in [2.75, 3.05) is 38.8 Å². The van der Waals surface area contributed by atoms with E-state index in [0.717, 1.165) is 12.2 Å². The molecule has 0 saturated carbocycles. The Morgan fingerprint density at radius 1 is 0.758 bits per heavy atom. The van der Waals surface area contributed by atoms with Gasteiger partial charge in [-0.3, -0.25) is 9.59 Å². The van der Waals surface area contributed by atoms with Crippen LogP contribution in [0.3, 0.4) is 0 Å². The fourth-order valence-corrected chi connectivity index (χ4v) is 3.03. The Balaban J connectivity index is 1.52. The maximum atomic E-state index is 12.8. The minimum Gasteiger partial charge on any atom is -0.490 e.